The Labute approximate surface area is 127 Å². The first-order valence-corrected chi connectivity index (χ1v) is 7.56. The van der Waals surface area contributed by atoms with E-state index in [-0.39, 0.29) is 5.91 Å². The summed E-state index contributed by atoms with van der Waals surface area (Å²) in [6.07, 6.45) is 0.328. The van der Waals surface area contributed by atoms with E-state index in [1.165, 1.54) is 0 Å². The highest BCUT2D eigenvalue weighted by Gasteiger charge is 2.07. The predicted molar refractivity (Wildman–Crippen MR) is 82.4 cm³/mol. The third kappa shape index (κ3) is 4.07. The van der Waals surface area contributed by atoms with Crippen LogP contribution >= 0.6 is 22.9 Å². The van der Waals surface area contributed by atoms with E-state index in [1.807, 2.05) is 12.1 Å². The van der Waals surface area contributed by atoms with Gasteiger partial charge >= 0.3 is 0 Å². The second-order valence-corrected chi connectivity index (χ2v) is 6.13. The van der Waals surface area contributed by atoms with Gasteiger partial charge in [-0.2, -0.15) is 0 Å². The van der Waals surface area contributed by atoms with Gasteiger partial charge in [0.1, 0.15) is 0 Å². The van der Waals surface area contributed by atoms with Gasteiger partial charge in [-0.3, -0.25) is 4.79 Å². The quantitative estimate of drug-likeness (QED) is 0.889. The van der Waals surface area contributed by atoms with Gasteiger partial charge in [-0.05, 0) is 49.7 Å². The molecule has 3 nitrogen and oxygen atoms in total. The molecule has 5 heteroatoms. The standard InChI is InChI=1S/C15H16ClNO2S/c1-10(18)14-7-6-13(20-14)8-9-17-15(19)11-2-4-12(16)5-3-11/h2-7,10,18H,8-9H2,1H3,(H,17,19)/t10-/m1/s1. The fourth-order valence-corrected chi connectivity index (χ4v) is 2.83. The summed E-state index contributed by atoms with van der Waals surface area (Å²) in [6, 6.07) is 10.7. The summed E-state index contributed by atoms with van der Waals surface area (Å²) >= 11 is 7.35. The van der Waals surface area contributed by atoms with Gasteiger partial charge in [0.15, 0.2) is 0 Å². The van der Waals surface area contributed by atoms with Gasteiger partial charge in [-0.15, -0.1) is 11.3 Å². The first kappa shape index (κ1) is 15.0. The molecule has 0 fully saturated rings. The monoisotopic (exact) mass is 309 g/mol. The molecule has 1 aromatic carbocycles. The fourth-order valence-electron chi connectivity index (χ4n) is 1.76. The molecule has 0 spiro atoms. The van der Waals surface area contributed by atoms with Crippen molar-refractivity contribution in [2.75, 3.05) is 6.54 Å². The molecule has 1 heterocycles. The van der Waals surface area contributed by atoms with Gasteiger partial charge in [0, 0.05) is 26.9 Å². The molecule has 0 bridgehead atoms. The summed E-state index contributed by atoms with van der Waals surface area (Å²) in [5, 5.41) is 12.9. The van der Waals surface area contributed by atoms with E-state index in [1.54, 1.807) is 42.5 Å². The van der Waals surface area contributed by atoms with Crippen molar-refractivity contribution < 1.29 is 9.90 Å². The average molecular weight is 310 g/mol. The van der Waals surface area contributed by atoms with Gasteiger partial charge in [-0.25, -0.2) is 0 Å². The van der Waals surface area contributed by atoms with E-state index in [0.717, 1.165) is 16.2 Å². The normalized spacial score (nSPS) is 12.2. The minimum absolute atomic E-state index is 0.103. The van der Waals surface area contributed by atoms with Gasteiger partial charge < -0.3 is 10.4 Å². The zero-order valence-electron chi connectivity index (χ0n) is 11.1. The molecule has 2 N–H and O–H groups in total. The van der Waals surface area contributed by atoms with Crippen molar-refractivity contribution in [3.63, 3.8) is 0 Å². The predicted octanol–water partition coefficient (Wildman–Crippen LogP) is 3.43. The smallest absolute Gasteiger partial charge is 0.251 e. The van der Waals surface area contributed by atoms with Crippen LogP contribution in [0.2, 0.25) is 5.02 Å². The maximum Gasteiger partial charge on any atom is 0.251 e. The Morgan fingerprint density at radius 3 is 2.60 bits per heavy atom. The number of aliphatic hydroxyl groups excluding tert-OH is 1. The molecule has 1 amide bonds. The molecule has 1 aromatic heterocycles. The SMILES string of the molecule is C[C@@H](O)c1ccc(CCNC(=O)c2ccc(Cl)cc2)s1. The van der Waals surface area contributed by atoms with Gasteiger partial charge in [-0.1, -0.05) is 11.6 Å². The highest BCUT2D eigenvalue weighted by atomic mass is 35.5. The van der Waals surface area contributed by atoms with Crippen molar-refractivity contribution in [3.8, 4) is 0 Å². The maximum absolute atomic E-state index is 11.9. The minimum Gasteiger partial charge on any atom is -0.388 e. The number of hydrogen-bond acceptors (Lipinski definition) is 3. The summed E-state index contributed by atoms with van der Waals surface area (Å²) in [5.41, 5.74) is 0.602. The van der Waals surface area contributed by atoms with Crippen LogP contribution < -0.4 is 5.32 Å². The second kappa shape index (κ2) is 6.88. The molecule has 0 radical (unpaired) electrons. The van der Waals surface area contributed by atoms with Crippen LogP contribution in [-0.4, -0.2) is 17.6 Å². The summed E-state index contributed by atoms with van der Waals surface area (Å²) < 4.78 is 0. The number of benzene rings is 1. The first-order valence-electron chi connectivity index (χ1n) is 6.36. The largest absolute Gasteiger partial charge is 0.388 e. The van der Waals surface area contributed by atoms with Crippen molar-refractivity contribution in [2.24, 2.45) is 0 Å². The van der Waals surface area contributed by atoms with Crippen molar-refractivity contribution in [1.82, 2.24) is 5.32 Å². The number of thiophene rings is 1. The molecule has 0 aliphatic heterocycles. The minimum atomic E-state index is -0.433. The Kier molecular flexibility index (Phi) is 5.17. The van der Waals surface area contributed by atoms with Crippen LogP contribution in [-0.2, 0) is 6.42 Å². The van der Waals surface area contributed by atoms with Crippen LogP contribution in [0.15, 0.2) is 36.4 Å². The summed E-state index contributed by atoms with van der Waals surface area (Å²) in [6.45, 7) is 2.32. The Bertz CT molecular complexity index is 578. The summed E-state index contributed by atoms with van der Waals surface area (Å²) in [5.74, 6) is -0.103. The number of nitrogens with one attached hydrogen (secondary N) is 1. The lowest BCUT2D eigenvalue weighted by molar-refractivity contribution is 0.0954. The van der Waals surface area contributed by atoms with E-state index in [0.29, 0.717) is 17.1 Å². The van der Waals surface area contributed by atoms with Gasteiger partial charge in [0.05, 0.1) is 6.10 Å². The van der Waals surface area contributed by atoms with E-state index < -0.39 is 6.10 Å². The van der Waals surface area contributed by atoms with E-state index in [9.17, 15) is 9.90 Å². The van der Waals surface area contributed by atoms with Crippen molar-refractivity contribution in [1.29, 1.82) is 0 Å². The third-order valence-electron chi connectivity index (χ3n) is 2.86. The number of carbonyl (C=O) groups is 1. The first-order chi connectivity index (χ1) is 9.56. The van der Waals surface area contributed by atoms with Crippen LogP contribution in [0, 0.1) is 0 Å². The maximum atomic E-state index is 11.9. The van der Waals surface area contributed by atoms with Gasteiger partial charge in [0.2, 0.25) is 0 Å². The Morgan fingerprint density at radius 2 is 2.00 bits per heavy atom. The molecule has 0 aliphatic carbocycles. The molecular formula is C15H16ClNO2S. The van der Waals surface area contributed by atoms with Gasteiger partial charge in [0.25, 0.3) is 5.91 Å². The molecular weight excluding hydrogens is 294 g/mol. The Hall–Kier alpha value is -1.36. The molecule has 20 heavy (non-hydrogen) atoms. The molecule has 0 saturated carbocycles. The van der Waals surface area contributed by atoms with E-state index in [4.69, 9.17) is 11.6 Å². The van der Waals surface area contributed by atoms with Crippen LogP contribution in [0.3, 0.4) is 0 Å². The third-order valence-corrected chi connectivity index (χ3v) is 4.42. The molecule has 106 valence electrons. The second-order valence-electron chi connectivity index (χ2n) is 4.49. The molecule has 2 aromatic rings. The van der Waals surface area contributed by atoms with Crippen LogP contribution in [0.1, 0.15) is 33.1 Å². The molecule has 2 rings (SSSR count). The van der Waals surface area contributed by atoms with Crippen LogP contribution in [0.5, 0.6) is 0 Å². The van der Waals surface area contributed by atoms with E-state index >= 15 is 0 Å². The van der Waals surface area contributed by atoms with Crippen LogP contribution in [0.4, 0.5) is 0 Å². The zero-order chi connectivity index (χ0) is 14.5. The van der Waals surface area contributed by atoms with E-state index in [2.05, 4.69) is 5.32 Å². The number of amides is 1. The lowest BCUT2D eigenvalue weighted by Crippen LogP contribution is -2.25. The lowest BCUT2D eigenvalue weighted by atomic mass is 10.2. The molecule has 0 unspecified atom stereocenters. The number of hydrogen-bond donors (Lipinski definition) is 2. The lowest BCUT2D eigenvalue weighted by Gasteiger charge is -2.04. The molecule has 0 saturated heterocycles. The Balaban J connectivity index is 1.83. The van der Waals surface area contributed by atoms with Crippen molar-refractivity contribution in [3.05, 3.63) is 56.7 Å². The van der Waals surface area contributed by atoms with Crippen molar-refractivity contribution in [2.45, 2.75) is 19.4 Å². The number of carbonyl (C=O) groups excluding carboxylic acids is 1. The highest BCUT2D eigenvalue weighted by molar-refractivity contribution is 7.12. The number of halogens is 1. The summed E-state index contributed by atoms with van der Waals surface area (Å²) in [4.78, 5) is 14.0. The Morgan fingerprint density at radius 1 is 1.30 bits per heavy atom. The summed E-state index contributed by atoms with van der Waals surface area (Å²) in [7, 11) is 0. The van der Waals surface area contributed by atoms with Crippen LogP contribution in [0.25, 0.3) is 0 Å². The topological polar surface area (TPSA) is 49.3 Å². The molecule has 1 atom stereocenters. The fraction of sp³-hybridized carbons (Fsp3) is 0.267. The zero-order valence-corrected chi connectivity index (χ0v) is 12.7. The number of rotatable bonds is 5. The number of aliphatic hydroxyl groups is 1. The highest BCUT2D eigenvalue weighted by Crippen LogP contribution is 2.22. The average Bonchev–Trinajstić information content (AvgIpc) is 2.88. The van der Waals surface area contributed by atoms with Crippen molar-refractivity contribution >= 4 is 28.8 Å². The molecule has 0 aliphatic rings.